The van der Waals surface area contributed by atoms with Crippen molar-refractivity contribution >= 4 is 5.78 Å². The van der Waals surface area contributed by atoms with E-state index in [2.05, 4.69) is 17.1 Å². The van der Waals surface area contributed by atoms with Gasteiger partial charge in [0.2, 0.25) is 0 Å². The molecular weight excluding hydrogens is 212 g/mol. The van der Waals surface area contributed by atoms with Gasteiger partial charge in [0.15, 0.2) is 5.78 Å². The molecule has 3 nitrogen and oxygen atoms in total. The second-order valence-electron chi connectivity index (χ2n) is 4.24. The van der Waals surface area contributed by atoms with Crippen molar-refractivity contribution in [2.75, 3.05) is 27.2 Å². The number of benzene rings is 1. The van der Waals surface area contributed by atoms with Gasteiger partial charge in [0.25, 0.3) is 0 Å². The normalized spacial score (nSPS) is 12.7. The number of likely N-dealkylation sites (N-methyl/N-ethyl adjacent to an activating group) is 2. The van der Waals surface area contributed by atoms with Gasteiger partial charge in [-0.2, -0.15) is 0 Å². The third-order valence-corrected chi connectivity index (χ3v) is 2.99. The van der Waals surface area contributed by atoms with Gasteiger partial charge in [0.1, 0.15) is 0 Å². The summed E-state index contributed by atoms with van der Waals surface area (Å²) in [7, 11) is 3.93. The molecule has 1 aromatic carbocycles. The third-order valence-electron chi connectivity index (χ3n) is 2.99. The number of nitrogens with one attached hydrogen (secondary N) is 1. The van der Waals surface area contributed by atoms with Crippen LogP contribution in [0.15, 0.2) is 30.3 Å². The molecule has 3 heteroatoms. The van der Waals surface area contributed by atoms with Gasteiger partial charge in [-0.1, -0.05) is 37.3 Å². The molecule has 0 amide bonds. The zero-order valence-corrected chi connectivity index (χ0v) is 10.9. The number of hydrogen-bond donors (Lipinski definition) is 1. The molecule has 1 aromatic rings. The van der Waals surface area contributed by atoms with E-state index in [1.807, 2.05) is 44.4 Å². The number of carbonyl (C=O) groups excluding carboxylic acids is 1. The van der Waals surface area contributed by atoms with Crippen LogP contribution in [0.1, 0.15) is 23.7 Å². The van der Waals surface area contributed by atoms with Gasteiger partial charge in [-0.25, -0.2) is 0 Å². The molecule has 17 heavy (non-hydrogen) atoms. The van der Waals surface area contributed by atoms with E-state index in [4.69, 9.17) is 0 Å². The highest BCUT2D eigenvalue weighted by Gasteiger charge is 2.21. The van der Waals surface area contributed by atoms with Crippen molar-refractivity contribution in [3.05, 3.63) is 35.9 Å². The summed E-state index contributed by atoms with van der Waals surface area (Å²) >= 11 is 0. The lowest BCUT2D eigenvalue weighted by molar-refractivity contribution is 0.0848. The Balaban J connectivity index is 2.70. The van der Waals surface area contributed by atoms with Crippen molar-refractivity contribution in [2.24, 2.45) is 0 Å². The summed E-state index contributed by atoms with van der Waals surface area (Å²) in [6.45, 7) is 3.84. The Morgan fingerprint density at radius 3 is 2.53 bits per heavy atom. The average molecular weight is 234 g/mol. The van der Waals surface area contributed by atoms with Crippen LogP contribution >= 0.6 is 0 Å². The number of ketones is 1. The molecule has 0 saturated carbocycles. The Bertz CT molecular complexity index is 337. The smallest absolute Gasteiger partial charge is 0.179 e. The van der Waals surface area contributed by atoms with Crippen molar-refractivity contribution in [3.63, 3.8) is 0 Å². The average Bonchev–Trinajstić information content (AvgIpc) is 2.38. The molecule has 0 heterocycles. The van der Waals surface area contributed by atoms with E-state index in [1.54, 1.807) is 0 Å². The summed E-state index contributed by atoms with van der Waals surface area (Å²) in [5.41, 5.74) is 0.802. The maximum Gasteiger partial charge on any atom is 0.179 e. The number of hydrogen-bond acceptors (Lipinski definition) is 3. The summed E-state index contributed by atoms with van der Waals surface area (Å²) in [6.07, 6.45) is 0.841. The predicted octanol–water partition coefficient (Wildman–Crippen LogP) is 1.80. The highest BCUT2D eigenvalue weighted by molar-refractivity contribution is 6.00. The number of nitrogens with zero attached hydrogens (tertiary/aromatic N) is 1. The van der Waals surface area contributed by atoms with Crippen molar-refractivity contribution in [1.82, 2.24) is 10.2 Å². The quantitative estimate of drug-likeness (QED) is 0.730. The molecule has 0 aliphatic rings. The van der Waals surface area contributed by atoms with Crippen LogP contribution in [0.2, 0.25) is 0 Å². The van der Waals surface area contributed by atoms with Crippen molar-refractivity contribution < 1.29 is 4.79 Å². The van der Waals surface area contributed by atoms with Gasteiger partial charge in [0, 0.05) is 18.7 Å². The van der Waals surface area contributed by atoms with E-state index in [1.165, 1.54) is 0 Å². The maximum absolute atomic E-state index is 12.3. The highest BCUT2D eigenvalue weighted by Crippen LogP contribution is 2.10. The van der Waals surface area contributed by atoms with E-state index in [9.17, 15) is 4.79 Å². The van der Waals surface area contributed by atoms with Crippen LogP contribution in [0.5, 0.6) is 0 Å². The maximum atomic E-state index is 12.3. The molecule has 1 N–H and O–H groups in total. The van der Waals surface area contributed by atoms with Crippen LogP contribution < -0.4 is 5.32 Å². The van der Waals surface area contributed by atoms with Gasteiger partial charge in [0.05, 0.1) is 6.04 Å². The fraction of sp³-hybridized carbons (Fsp3) is 0.500. The minimum Gasteiger partial charge on any atom is -0.318 e. The topological polar surface area (TPSA) is 32.3 Å². The lowest BCUT2D eigenvalue weighted by atomic mass is 10.0. The Labute approximate surface area is 104 Å². The minimum absolute atomic E-state index is 0.0225. The lowest BCUT2D eigenvalue weighted by Gasteiger charge is -2.25. The van der Waals surface area contributed by atoms with Gasteiger partial charge in [-0.15, -0.1) is 0 Å². The monoisotopic (exact) mass is 234 g/mol. The molecule has 0 aliphatic carbocycles. The van der Waals surface area contributed by atoms with Crippen molar-refractivity contribution in [1.29, 1.82) is 0 Å². The first kappa shape index (κ1) is 13.9. The van der Waals surface area contributed by atoms with Gasteiger partial charge < -0.3 is 5.32 Å². The molecule has 0 spiro atoms. The summed E-state index contributed by atoms with van der Waals surface area (Å²) in [4.78, 5) is 14.4. The van der Waals surface area contributed by atoms with Crippen LogP contribution in [-0.4, -0.2) is 43.9 Å². The summed E-state index contributed by atoms with van der Waals surface area (Å²) in [5, 5.41) is 3.10. The SMILES string of the molecule is CCC(C(=O)c1ccccc1)N(C)CCNC. The molecule has 0 saturated heterocycles. The molecule has 0 bridgehead atoms. The largest absolute Gasteiger partial charge is 0.318 e. The number of rotatable bonds is 7. The van der Waals surface area contributed by atoms with Crippen molar-refractivity contribution in [2.45, 2.75) is 19.4 Å². The molecular formula is C14H22N2O. The van der Waals surface area contributed by atoms with Crippen molar-refractivity contribution in [3.8, 4) is 0 Å². The molecule has 1 unspecified atom stereocenters. The Morgan fingerprint density at radius 1 is 1.35 bits per heavy atom. The van der Waals surface area contributed by atoms with E-state index in [0.717, 1.165) is 25.1 Å². The second-order valence-corrected chi connectivity index (χ2v) is 4.24. The van der Waals surface area contributed by atoms with Crippen LogP contribution in [0.3, 0.4) is 0 Å². The minimum atomic E-state index is -0.0225. The Kier molecular flexibility index (Phi) is 5.87. The third kappa shape index (κ3) is 3.95. The van der Waals surface area contributed by atoms with Gasteiger partial charge in [-0.05, 0) is 20.5 Å². The van der Waals surface area contributed by atoms with Crippen LogP contribution in [0, 0.1) is 0 Å². The first-order valence-electron chi connectivity index (χ1n) is 6.14. The van der Waals surface area contributed by atoms with Gasteiger partial charge >= 0.3 is 0 Å². The Morgan fingerprint density at radius 2 is 2.00 bits per heavy atom. The van der Waals surface area contributed by atoms with Crippen LogP contribution in [-0.2, 0) is 0 Å². The van der Waals surface area contributed by atoms with Crippen LogP contribution in [0.25, 0.3) is 0 Å². The first-order chi connectivity index (χ1) is 8.20. The van der Waals surface area contributed by atoms with E-state index in [0.29, 0.717) is 0 Å². The molecule has 0 aromatic heterocycles. The van der Waals surface area contributed by atoms with E-state index >= 15 is 0 Å². The molecule has 0 radical (unpaired) electrons. The molecule has 94 valence electrons. The standard InChI is InChI=1S/C14H22N2O/c1-4-13(16(3)11-10-15-2)14(17)12-8-6-5-7-9-12/h5-9,13,15H,4,10-11H2,1-3H3. The Hall–Kier alpha value is -1.19. The highest BCUT2D eigenvalue weighted by atomic mass is 16.1. The zero-order valence-electron chi connectivity index (χ0n) is 10.9. The zero-order chi connectivity index (χ0) is 12.7. The van der Waals surface area contributed by atoms with Gasteiger partial charge in [-0.3, -0.25) is 9.69 Å². The molecule has 1 atom stereocenters. The molecule has 1 rings (SSSR count). The second kappa shape index (κ2) is 7.20. The fourth-order valence-electron chi connectivity index (χ4n) is 1.94. The lowest BCUT2D eigenvalue weighted by Crippen LogP contribution is -2.41. The molecule has 0 aliphatic heterocycles. The number of carbonyl (C=O) groups is 1. The summed E-state index contributed by atoms with van der Waals surface area (Å²) < 4.78 is 0. The fourth-order valence-corrected chi connectivity index (χ4v) is 1.94. The van der Waals surface area contributed by atoms with E-state index < -0.39 is 0 Å². The number of Topliss-reactive ketones (excluding diaryl/α,β-unsaturated/α-hetero) is 1. The van der Waals surface area contributed by atoms with E-state index in [-0.39, 0.29) is 11.8 Å². The predicted molar refractivity (Wildman–Crippen MR) is 71.4 cm³/mol. The first-order valence-corrected chi connectivity index (χ1v) is 6.14. The van der Waals surface area contributed by atoms with Crippen LogP contribution in [0.4, 0.5) is 0 Å². The molecule has 0 fully saturated rings. The summed E-state index contributed by atoms with van der Waals surface area (Å²) in [6, 6.07) is 9.50. The summed E-state index contributed by atoms with van der Waals surface area (Å²) in [5.74, 6) is 0.215.